The van der Waals surface area contributed by atoms with Gasteiger partial charge in [0, 0.05) is 20.6 Å². The Morgan fingerprint density at radius 3 is 2.35 bits per heavy atom. The Kier molecular flexibility index (Phi) is 4.77. The summed E-state index contributed by atoms with van der Waals surface area (Å²) in [4.78, 5) is 16.3. The zero-order valence-corrected chi connectivity index (χ0v) is 13.9. The average molecular weight is 308 g/mol. The first kappa shape index (κ1) is 15.8. The zero-order chi connectivity index (χ0) is 16.2. The third-order valence-electron chi connectivity index (χ3n) is 4.54. The van der Waals surface area contributed by atoms with Crippen LogP contribution in [0.25, 0.3) is 11.1 Å². The van der Waals surface area contributed by atoms with Crippen molar-refractivity contribution in [1.29, 1.82) is 0 Å². The van der Waals surface area contributed by atoms with Gasteiger partial charge in [0.15, 0.2) is 0 Å². The molecule has 0 bridgehead atoms. The van der Waals surface area contributed by atoms with Gasteiger partial charge < -0.3 is 4.90 Å². The molecule has 0 aliphatic carbocycles. The maximum absolute atomic E-state index is 12.3. The summed E-state index contributed by atoms with van der Waals surface area (Å²) in [5, 5.41) is 0. The highest BCUT2D eigenvalue weighted by molar-refractivity contribution is 5.81. The van der Waals surface area contributed by atoms with Crippen molar-refractivity contribution in [1.82, 2.24) is 9.80 Å². The molecule has 1 atom stereocenters. The highest BCUT2D eigenvalue weighted by Gasteiger charge is 2.31. The lowest BCUT2D eigenvalue weighted by molar-refractivity contribution is -0.133. The van der Waals surface area contributed by atoms with Gasteiger partial charge in [-0.3, -0.25) is 9.69 Å². The molecule has 120 valence electrons. The van der Waals surface area contributed by atoms with E-state index in [1.54, 1.807) is 4.90 Å². The fraction of sp³-hybridized carbons (Fsp3) is 0.350. The lowest BCUT2D eigenvalue weighted by Crippen LogP contribution is -2.42. The van der Waals surface area contributed by atoms with Gasteiger partial charge in [0.25, 0.3) is 0 Å². The number of likely N-dealkylation sites (N-methyl/N-ethyl adjacent to an activating group) is 1. The summed E-state index contributed by atoms with van der Waals surface area (Å²) in [7, 11) is 3.68. The highest BCUT2D eigenvalue weighted by Crippen LogP contribution is 2.23. The van der Waals surface area contributed by atoms with Gasteiger partial charge in [-0.1, -0.05) is 54.6 Å². The maximum atomic E-state index is 12.3. The second kappa shape index (κ2) is 6.97. The quantitative estimate of drug-likeness (QED) is 0.864. The fourth-order valence-electron chi connectivity index (χ4n) is 3.26. The van der Waals surface area contributed by atoms with Gasteiger partial charge >= 0.3 is 0 Å². The largest absolute Gasteiger partial charge is 0.347 e. The minimum Gasteiger partial charge on any atom is -0.347 e. The number of hydrogen-bond donors (Lipinski definition) is 0. The number of likely N-dealkylation sites (tertiary alicyclic amines) is 1. The Bertz CT molecular complexity index is 649. The first-order valence-electron chi connectivity index (χ1n) is 8.25. The van der Waals surface area contributed by atoms with E-state index in [4.69, 9.17) is 0 Å². The lowest BCUT2D eigenvalue weighted by atomic mass is 10.0. The second-order valence-electron chi connectivity index (χ2n) is 6.42. The topological polar surface area (TPSA) is 23.6 Å². The predicted molar refractivity (Wildman–Crippen MR) is 94.0 cm³/mol. The molecule has 3 nitrogen and oxygen atoms in total. The molecule has 2 aromatic rings. The summed E-state index contributed by atoms with van der Waals surface area (Å²) in [5.74, 6) is 0.225. The molecule has 2 aromatic carbocycles. The lowest BCUT2D eigenvalue weighted by Gasteiger charge is -2.26. The van der Waals surface area contributed by atoms with Crippen molar-refractivity contribution < 1.29 is 4.79 Å². The molecule has 23 heavy (non-hydrogen) atoms. The molecule has 1 fully saturated rings. The Labute approximate surface area is 138 Å². The Hall–Kier alpha value is -2.13. The van der Waals surface area contributed by atoms with Crippen LogP contribution in [0.2, 0.25) is 0 Å². The Balaban J connectivity index is 1.70. The minimum absolute atomic E-state index is 0.0406. The summed E-state index contributed by atoms with van der Waals surface area (Å²) in [6, 6.07) is 19.1. The third-order valence-corrected chi connectivity index (χ3v) is 4.54. The van der Waals surface area contributed by atoms with E-state index in [1.165, 1.54) is 16.7 Å². The van der Waals surface area contributed by atoms with Gasteiger partial charge in [0.1, 0.15) is 0 Å². The van der Waals surface area contributed by atoms with E-state index in [-0.39, 0.29) is 11.9 Å². The molecule has 0 unspecified atom stereocenters. The third kappa shape index (κ3) is 3.62. The summed E-state index contributed by atoms with van der Waals surface area (Å²) in [6.07, 6.45) is 2.07. The average Bonchev–Trinajstić information content (AvgIpc) is 3.03. The van der Waals surface area contributed by atoms with Crippen LogP contribution < -0.4 is 0 Å². The number of benzene rings is 2. The summed E-state index contributed by atoms with van der Waals surface area (Å²) < 4.78 is 0. The zero-order valence-electron chi connectivity index (χ0n) is 13.9. The van der Waals surface area contributed by atoms with Crippen LogP contribution in [0.5, 0.6) is 0 Å². The standard InChI is InChI=1S/C20H24N2O/c1-21(2)20(23)19-9-6-14-22(19)15-16-10-12-18(13-11-16)17-7-4-3-5-8-17/h3-5,7-8,10-13,19H,6,9,14-15H2,1-2H3/t19-/m1/s1. The van der Waals surface area contributed by atoms with E-state index in [9.17, 15) is 4.79 Å². The van der Waals surface area contributed by atoms with E-state index in [0.29, 0.717) is 0 Å². The second-order valence-corrected chi connectivity index (χ2v) is 6.42. The van der Waals surface area contributed by atoms with Crippen molar-refractivity contribution in [2.75, 3.05) is 20.6 Å². The normalized spacial score (nSPS) is 18.1. The van der Waals surface area contributed by atoms with Crippen LogP contribution in [-0.2, 0) is 11.3 Å². The Morgan fingerprint density at radius 2 is 1.70 bits per heavy atom. The van der Waals surface area contributed by atoms with Gasteiger partial charge in [-0.25, -0.2) is 0 Å². The van der Waals surface area contributed by atoms with Crippen LogP contribution in [0.15, 0.2) is 54.6 Å². The molecule has 0 saturated carbocycles. The van der Waals surface area contributed by atoms with Crippen LogP contribution >= 0.6 is 0 Å². The number of carbonyl (C=O) groups excluding carboxylic acids is 1. The van der Waals surface area contributed by atoms with Gasteiger partial charge in [-0.05, 0) is 36.1 Å². The molecule has 0 spiro atoms. The predicted octanol–water partition coefficient (Wildman–Crippen LogP) is 3.41. The first-order valence-corrected chi connectivity index (χ1v) is 8.25. The molecular weight excluding hydrogens is 284 g/mol. The number of amides is 1. The highest BCUT2D eigenvalue weighted by atomic mass is 16.2. The van der Waals surface area contributed by atoms with Crippen molar-refractivity contribution in [3.63, 3.8) is 0 Å². The fourth-order valence-corrected chi connectivity index (χ4v) is 3.26. The molecular formula is C20H24N2O. The summed E-state index contributed by atoms with van der Waals surface area (Å²) in [6.45, 7) is 1.85. The monoisotopic (exact) mass is 308 g/mol. The van der Waals surface area contributed by atoms with Crippen molar-refractivity contribution in [2.45, 2.75) is 25.4 Å². The first-order chi connectivity index (χ1) is 11.1. The molecule has 1 aliphatic rings. The smallest absolute Gasteiger partial charge is 0.239 e. The summed E-state index contributed by atoms with van der Waals surface area (Å²) in [5.41, 5.74) is 3.74. The van der Waals surface area contributed by atoms with Gasteiger partial charge in [0.2, 0.25) is 5.91 Å². The number of carbonyl (C=O) groups is 1. The summed E-state index contributed by atoms with van der Waals surface area (Å²) >= 11 is 0. The van der Waals surface area contributed by atoms with Crippen molar-refractivity contribution in [2.24, 2.45) is 0 Å². The van der Waals surface area contributed by atoms with E-state index in [1.807, 2.05) is 20.2 Å². The van der Waals surface area contributed by atoms with Crippen LogP contribution in [-0.4, -0.2) is 42.4 Å². The van der Waals surface area contributed by atoms with Gasteiger partial charge in [0.05, 0.1) is 6.04 Å². The van der Waals surface area contributed by atoms with Crippen LogP contribution in [0.3, 0.4) is 0 Å². The van der Waals surface area contributed by atoms with E-state index in [2.05, 4.69) is 53.4 Å². The van der Waals surface area contributed by atoms with Crippen molar-refractivity contribution in [3.05, 3.63) is 60.2 Å². The molecule has 3 rings (SSSR count). The molecule has 1 saturated heterocycles. The maximum Gasteiger partial charge on any atom is 0.239 e. The minimum atomic E-state index is 0.0406. The van der Waals surface area contributed by atoms with Gasteiger partial charge in [-0.2, -0.15) is 0 Å². The number of hydrogen-bond acceptors (Lipinski definition) is 2. The molecule has 1 amide bonds. The molecule has 0 aromatic heterocycles. The Morgan fingerprint density at radius 1 is 1.04 bits per heavy atom. The van der Waals surface area contributed by atoms with E-state index < -0.39 is 0 Å². The number of nitrogens with zero attached hydrogens (tertiary/aromatic N) is 2. The molecule has 0 radical (unpaired) electrons. The van der Waals surface area contributed by atoms with Crippen LogP contribution in [0, 0.1) is 0 Å². The SMILES string of the molecule is CN(C)C(=O)[C@H]1CCCN1Cc1ccc(-c2ccccc2)cc1. The van der Waals surface area contributed by atoms with E-state index >= 15 is 0 Å². The number of rotatable bonds is 4. The van der Waals surface area contributed by atoms with E-state index in [0.717, 1.165) is 25.9 Å². The van der Waals surface area contributed by atoms with Crippen LogP contribution in [0.1, 0.15) is 18.4 Å². The molecule has 3 heteroatoms. The van der Waals surface area contributed by atoms with Crippen molar-refractivity contribution in [3.8, 4) is 11.1 Å². The molecule has 1 heterocycles. The molecule has 1 aliphatic heterocycles. The van der Waals surface area contributed by atoms with Crippen molar-refractivity contribution >= 4 is 5.91 Å². The molecule has 0 N–H and O–H groups in total. The van der Waals surface area contributed by atoms with Gasteiger partial charge in [-0.15, -0.1) is 0 Å². The van der Waals surface area contributed by atoms with Crippen LogP contribution in [0.4, 0.5) is 0 Å².